The van der Waals surface area contributed by atoms with Crippen LogP contribution in [0.1, 0.15) is 30.1 Å². The molecule has 0 spiro atoms. The Hall–Kier alpha value is -2.24. The van der Waals surface area contributed by atoms with Gasteiger partial charge in [-0.1, -0.05) is 0 Å². The zero-order valence-corrected chi connectivity index (χ0v) is 10.5. The molecule has 0 radical (unpaired) electrons. The molecule has 6 nitrogen and oxygen atoms in total. The molecule has 1 fully saturated rings. The second-order valence-corrected chi connectivity index (χ2v) is 4.84. The first kappa shape index (κ1) is 13.2. The van der Waals surface area contributed by atoms with Gasteiger partial charge in [-0.2, -0.15) is 0 Å². The maximum Gasteiger partial charge on any atom is 0.329 e. The van der Waals surface area contributed by atoms with Crippen molar-refractivity contribution in [2.24, 2.45) is 0 Å². The molecule has 1 amide bonds. The molecule has 1 aromatic carbocycles. The van der Waals surface area contributed by atoms with Gasteiger partial charge in [-0.25, -0.2) is 4.79 Å². The number of hydrogen-bond donors (Lipinski definition) is 3. The molecule has 0 saturated carbocycles. The monoisotopic (exact) mass is 265 g/mol. The minimum Gasteiger partial charge on any atom is -0.508 e. The second-order valence-electron chi connectivity index (χ2n) is 4.84. The number of aromatic hydroxyl groups is 2. The van der Waals surface area contributed by atoms with Crippen molar-refractivity contribution in [3.63, 3.8) is 0 Å². The van der Waals surface area contributed by atoms with Gasteiger partial charge in [0.1, 0.15) is 17.0 Å². The summed E-state index contributed by atoms with van der Waals surface area (Å²) in [5.74, 6) is -2.11. The third kappa shape index (κ3) is 2.09. The zero-order chi connectivity index (χ0) is 14.2. The summed E-state index contributed by atoms with van der Waals surface area (Å²) >= 11 is 0. The van der Waals surface area contributed by atoms with E-state index in [1.807, 2.05) is 0 Å². The van der Waals surface area contributed by atoms with E-state index >= 15 is 0 Å². The molecule has 1 saturated heterocycles. The van der Waals surface area contributed by atoms with Crippen LogP contribution in [0.5, 0.6) is 11.5 Å². The Morgan fingerprint density at radius 2 is 2.00 bits per heavy atom. The fourth-order valence-corrected chi connectivity index (χ4v) is 2.36. The normalized spacial score (nSPS) is 22.5. The van der Waals surface area contributed by atoms with Crippen LogP contribution in [0, 0.1) is 0 Å². The highest BCUT2D eigenvalue weighted by molar-refractivity contribution is 6.00. The van der Waals surface area contributed by atoms with Crippen molar-refractivity contribution < 1.29 is 24.9 Å². The fourth-order valence-electron chi connectivity index (χ4n) is 2.36. The summed E-state index contributed by atoms with van der Waals surface area (Å²) in [5.41, 5.74) is -1.26. The van der Waals surface area contributed by atoms with Gasteiger partial charge in [0.15, 0.2) is 0 Å². The van der Waals surface area contributed by atoms with E-state index < -0.39 is 17.4 Å². The van der Waals surface area contributed by atoms with Gasteiger partial charge >= 0.3 is 5.97 Å². The van der Waals surface area contributed by atoms with Gasteiger partial charge in [0, 0.05) is 12.6 Å². The summed E-state index contributed by atoms with van der Waals surface area (Å²) < 4.78 is 0. The number of carbonyl (C=O) groups excluding carboxylic acids is 1. The number of hydrogen-bond acceptors (Lipinski definition) is 4. The number of amides is 1. The van der Waals surface area contributed by atoms with E-state index in [9.17, 15) is 24.9 Å². The Kier molecular flexibility index (Phi) is 3.09. The number of carbonyl (C=O) groups is 2. The van der Waals surface area contributed by atoms with Crippen LogP contribution < -0.4 is 0 Å². The van der Waals surface area contributed by atoms with Crippen LogP contribution in [0.15, 0.2) is 18.2 Å². The molecule has 0 aliphatic carbocycles. The largest absolute Gasteiger partial charge is 0.508 e. The number of phenolic OH excluding ortho intramolecular Hbond substituents is 2. The van der Waals surface area contributed by atoms with E-state index in [4.69, 9.17) is 0 Å². The van der Waals surface area contributed by atoms with Crippen LogP contribution in [0.4, 0.5) is 0 Å². The average molecular weight is 265 g/mol. The molecule has 2 rings (SSSR count). The highest BCUT2D eigenvalue weighted by Gasteiger charge is 2.46. The minimum atomic E-state index is -1.25. The summed E-state index contributed by atoms with van der Waals surface area (Å²) in [7, 11) is 0. The van der Waals surface area contributed by atoms with Gasteiger partial charge in [0.05, 0.1) is 5.56 Å². The number of carboxylic acid groups (broad SMARTS) is 1. The van der Waals surface area contributed by atoms with Gasteiger partial charge in [0.2, 0.25) is 0 Å². The third-order valence-corrected chi connectivity index (χ3v) is 3.56. The van der Waals surface area contributed by atoms with Crippen molar-refractivity contribution in [1.82, 2.24) is 4.90 Å². The predicted molar refractivity (Wildman–Crippen MR) is 66.1 cm³/mol. The molecule has 0 aromatic heterocycles. The summed E-state index contributed by atoms with van der Waals surface area (Å²) in [6, 6.07) is 3.62. The lowest BCUT2D eigenvalue weighted by atomic mass is 9.98. The Bertz CT molecular complexity index is 542. The molecule has 1 atom stereocenters. The number of nitrogens with zero attached hydrogens (tertiary/aromatic N) is 1. The minimum absolute atomic E-state index is 0.00725. The molecule has 1 aromatic rings. The standard InChI is InChI=1S/C13H15NO5/c1-13(12(18)19)5-2-6-14(13)11(17)9-4-3-8(15)7-10(9)16/h3-4,7,15-16H,2,5-6H2,1H3,(H,18,19). The highest BCUT2D eigenvalue weighted by atomic mass is 16.4. The van der Waals surface area contributed by atoms with Crippen molar-refractivity contribution in [2.45, 2.75) is 25.3 Å². The first-order valence-electron chi connectivity index (χ1n) is 5.93. The number of benzene rings is 1. The van der Waals surface area contributed by atoms with Gasteiger partial charge in [-0.3, -0.25) is 4.79 Å². The van der Waals surface area contributed by atoms with Crippen LogP contribution >= 0.6 is 0 Å². The molecule has 19 heavy (non-hydrogen) atoms. The molecule has 6 heteroatoms. The van der Waals surface area contributed by atoms with Crippen molar-refractivity contribution in [2.75, 3.05) is 6.54 Å². The van der Waals surface area contributed by atoms with Gasteiger partial charge in [-0.15, -0.1) is 0 Å². The highest BCUT2D eigenvalue weighted by Crippen LogP contribution is 2.33. The first-order valence-corrected chi connectivity index (χ1v) is 5.93. The smallest absolute Gasteiger partial charge is 0.329 e. The Balaban J connectivity index is 2.36. The molecule has 0 bridgehead atoms. The Morgan fingerprint density at radius 1 is 1.32 bits per heavy atom. The predicted octanol–water partition coefficient (Wildman–Crippen LogP) is 1.18. The van der Waals surface area contributed by atoms with E-state index in [0.717, 1.165) is 6.07 Å². The number of aliphatic carboxylic acids is 1. The maximum atomic E-state index is 12.3. The molecule has 1 aliphatic heterocycles. The average Bonchev–Trinajstić information content (AvgIpc) is 2.72. The number of carboxylic acids is 1. The molecular formula is C13H15NO5. The van der Waals surface area contributed by atoms with E-state index in [0.29, 0.717) is 19.4 Å². The van der Waals surface area contributed by atoms with E-state index in [1.54, 1.807) is 0 Å². The van der Waals surface area contributed by atoms with Crippen LogP contribution in [0.2, 0.25) is 0 Å². The summed E-state index contributed by atoms with van der Waals surface area (Å²) in [4.78, 5) is 24.9. The maximum absolute atomic E-state index is 12.3. The third-order valence-electron chi connectivity index (χ3n) is 3.56. The van der Waals surface area contributed by atoms with Crippen molar-refractivity contribution in [3.8, 4) is 11.5 Å². The number of likely N-dealkylation sites (tertiary alicyclic amines) is 1. The van der Waals surface area contributed by atoms with Crippen LogP contribution in [0.3, 0.4) is 0 Å². The Labute approximate surface area is 109 Å². The lowest BCUT2D eigenvalue weighted by molar-refractivity contribution is -0.147. The van der Waals surface area contributed by atoms with E-state index in [-0.39, 0.29) is 17.1 Å². The summed E-state index contributed by atoms with van der Waals surface area (Å²) in [6.07, 6.45) is 0.986. The molecule has 1 heterocycles. The van der Waals surface area contributed by atoms with Crippen LogP contribution in [-0.4, -0.2) is 44.2 Å². The van der Waals surface area contributed by atoms with Gasteiger partial charge < -0.3 is 20.2 Å². The van der Waals surface area contributed by atoms with Crippen LogP contribution in [0.25, 0.3) is 0 Å². The Morgan fingerprint density at radius 3 is 2.58 bits per heavy atom. The van der Waals surface area contributed by atoms with E-state index in [1.165, 1.54) is 24.0 Å². The molecule has 1 unspecified atom stereocenters. The quantitative estimate of drug-likeness (QED) is 0.745. The molecule has 3 N–H and O–H groups in total. The molecular weight excluding hydrogens is 250 g/mol. The van der Waals surface area contributed by atoms with Gasteiger partial charge in [-0.05, 0) is 31.9 Å². The van der Waals surface area contributed by atoms with Crippen LogP contribution in [-0.2, 0) is 4.79 Å². The topological polar surface area (TPSA) is 98.1 Å². The molecule has 1 aliphatic rings. The van der Waals surface area contributed by atoms with E-state index in [2.05, 4.69) is 0 Å². The van der Waals surface area contributed by atoms with Crippen molar-refractivity contribution >= 4 is 11.9 Å². The fraction of sp³-hybridized carbons (Fsp3) is 0.385. The van der Waals surface area contributed by atoms with Crippen molar-refractivity contribution in [3.05, 3.63) is 23.8 Å². The summed E-state index contributed by atoms with van der Waals surface area (Å²) in [6.45, 7) is 1.83. The number of rotatable bonds is 2. The molecule has 102 valence electrons. The second kappa shape index (κ2) is 4.46. The summed E-state index contributed by atoms with van der Waals surface area (Å²) in [5, 5.41) is 28.1. The lowest BCUT2D eigenvalue weighted by Gasteiger charge is -2.31. The van der Waals surface area contributed by atoms with Crippen molar-refractivity contribution in [1.29, 1.82) is 0 Å². The van der Waals surface area contributed by atoms with Gasteiger partial charge in [0.25, 0.3) is 5.91 Å². The zero-order valence-electron chi connectivity index (χ0n) is 10.5. The lowest BCUT2D eigenvalue weighted by Crippen LogP contribution is -2.50. The number of phenols is 2. The SMILES string of the molecule is CC1(C(=O)O)CCCN1C(=O)c1ccc(O)cc1O. The first-order chi connectivity index (χ1) is 8.86.